The molecule has 2 aliphatic carbocycles. The first-order chi connectivity index (χ1) is 17.6. The second-order valence-corrected chi connectivity index (χ2v) is 12.1. The topological polar surface area (TPSA) is 108 Å². The Kier molecular flexibility index (Phi) is 5.69. The van der Waals surface area contributed by atoms with Crippen LogP contribution in [0.1, 0.15) is 37.8 Å². The standard InChI is InChI=1S/C27H30N2O7S/c1-14(30)34-20-6-4-16-12-19-17-5-7-21(35-15(2)31)25-27(17,23(16)24(20)36-25)9-10-29(19,3)13-22(32)28-18-8-11-37-26(18)33/h4-7,17-19,21,25H,8-13H2,1-3H3/p+1/t17?,18?,19-,21+,25+,27+,29-/m1/s1. The number of amides is 1. The molecule has 37 heavy (non-hydrogen) atoms. The number of nitrogens with zero attached hydrogens (tertiary/aromatic N) is 1. The van der Waals surface area contributed by atoms with Crippen LogP contribution in [0.3, 0.4) is 0 Å². The van der Waals surface area contributed by atoms with Gasteiger partial charge >= 0.3 is 11.9 Å². The van der Waals surface area contributed by atoms with Crippen molar-refractivity contribution in [1.82, 2.24) is 5.32 Å². The van der Waals surface area contributed by atoms with Crippen molar-refractivity contribution >= 4 is 34.7 Å². The third kappa shape index (κ3) is 3.71. The highest BCUT2D eigenvalue weighted by molar-refractivity contribution is 8.14. The van der Waals surface area contributed by atoms with Crippen LogP contribution in [-0.4, -0.2) is 77.6 Å². The Morgan fingerprint density at radius 2 is 2.03 bits per heavy atom. The second-order valence-electron chi connectivity index (χ2n) is 11.0. The van der Waals surface area contributed by atoms with Gasteiger partial charge in [-0.25, -0.2) is 0 Å². The number of carbonyl (C=O) groups excluding carboxylic acids is 4. The number of carbonyl (C=O) groups is 4. The molecule has 7 atom stereocenters. The van der Waals surface area contributed by atoms with E-state index < -0.39 is 29.6 Å². The highest BCUT2D eigenvalue weighted by Crippen LogP contribution is 2.63. The fourth-order valence-corrected chi connectivity index (χ4v) is 8.32. The number of esters is 2. The highest BCUT2D eigenvalue weighted by Gasteiger charge is 2.68. The summed E-state index contributed by atoms with van der Waals surface area (Å²) in [6.45, 7) is 3.76. The van der Waals surface area contributed by atoms with Crippen molar-refractivity contribution < 1.29 is 37.9 Å². The lowest BCUT2D eigenvalue weighted by Crippen LogP contribution is -2.72. The van der Waals surface area contributed by atoms with Gasteiger partial charge < -0.3 is 24.0 Å². The van der Waals surface area contributed by atoms with Crippen molar-refractivity contribution in [1.29, 1.82) is 0 Å². The lowest BCUT2D eigenvalue weighted by Gasteiger charge is -2.59. The van der Waals surface area contributed by atoms with Crippen LogP contribution >= 0.6 is 11.8 Å². The number of hydrogen-bond acceptors (Lipinski definition) is 8. The molecule has 3 heterocycles. The summed E-state index contributed by atoms with van der Waals surface area (Å²) in [5.74, 6) is 0.819. The molecule has 5 aliphatic rings. The first-order valence-corrected chi connectivity index (χ1v) is 13.8. The average molecular weight is 528 g/mol. The maximum atomic E-state index is 13.1. The summed E-state index contributed by atoms with van der Waals surface area (Å²) in [6, 6.07) is 3.46. The molecule has 1 aromatic rings. The molecule has 6 rings (SSSR count). The van der Waals surface area contributed by atoms with Gasteiger partial charge in [0.05, 0.1) is 25.0 Å². The minimum atomic E-state index is -0.566. The van der Waals surface area contributed by atoms with E-state index in [4.69, 9.17) is 14.2 Å². The van der Waals surface area contributed by atoms with Crippen LogP contribution in [0.4, 0.5) is 0 Å². The molecule has 1 N–H and O–H groups in total. The number of likely N-dealkylation sites (tertiary alicyclic amines) is 1. The molecular weight excluding hydrogens is 496 g/mol. The fraction of sp³-hybridized carbons (Fsp3) is 0.556. The molecule has 0 saturated carbocycles. The van der Waals surface area contributed by atoms with Crippen molar-refractivity contribution in [2.45, 2.75) is 62.8 Å². The molecule has 1 spiro atoms. The maximum Gasteiger partial charge on any atom is 0.308 e. The Morgan fingerprint density at radius 3 is 2.73 bits per heavy atom. The minimum absolute atomic E-state index is 0.0361. The molecule has 2 fully saturated rings. The molecule has 0 aromatic heterocycles. The first-order valence-electron chi connectivity index (χ1n) is 12.8. The summed E-state index contributed by atoms with van der Waals surface area (Å²) in [5.41, 5.74) is 1.70. The number of likely N-dealkylation sites (N-methyl/N-ethyl adjacent to an activating group) is 1. The third-order valence-corrected chi connectivity index (χ3v) is 9.85. The fourth-order valence-electron chi connectivity index (χ4n) is 7.39. The minimum Gasteiger partial charge on any atom is -0.481 e. The number of piperidine rings is 1. The number of hydrogen-bond donors (Lipinski definition) is 1. The van der Waals surface area contributed by atoms with Gasteiger partial charge in [-0.1, -0.05) is 23.9 Å². The summed E-state index contributed by atoms with van der Waals surface area (Å²) in [6.07, 6.45) is 5.16. The van der Waals surface area contributed by atoms with Crippen molar-refractivity contribution in [2.24, 2.45) is 5.92 Å². The summed E-state index contributed by atoms with van der Waals surface area (Å²) in [7, 11) is 2.12. The van der Waals surface area contributed by atoms with Crippen molar-refractivity contribution in [3.05, 3.63) is 35.4 Å². The predicted molar refractivity (Wildman–Crippen MR) is 134 cm³/mol. The van der Waals surface area contributed by atoms with Gasteiger partial charge in [0.15, 0.2) is 30.3 Å². The van der Waals surface area contributed by atoms with Crippen molar-refractivity contribution in [3.8, 4) is 11.5 Å². The molecule has 1 amide bonds. The van der Waals surface area contributed by atoms with Gasteiger partial charge in [-0.3, -0.25) is 19.2 Å². The zero-order valence-corrected chi connectivity index (χ0v) is 22.0. The highest BCUT2D eigenvalue weighted by atomic mass is 32.2. The molecule has 196 valence electrons. The van der Waals surface area contributed by atoms with E-state index in [1.54, 1.807) is 6.07 Å². The Labute approximate surface area is 219 Å². The van der Waals surface area contributed by atoms with Crippen LogP contribution in [-0.2, 0) is 35.8 Å². The number of rotatable bonds is 5. The Bertz CT molecular complexity index is 1250. The Hall–Kier alpha value is -2.85. The van der Waals surface area contributed by atoms with Crippen molar-refractivity contribution in [2.75, 3.05) is 25.9 Å². The van der Waals surface area contributed by atoms with E-state index in [-0.39, 0.29) is 35.5 Å². The molecule has 10 heteroatoms. The Balaban J connectivity index is 1.39. The van der Waals surface area contributed by atoms with Gasteiger partial charge in [0.25, 0.3) is 5.91 Å². The summed E-state index contributed by atoms with van der Waals surface area (Å²) in [5, 5.41) is 3.00. The normalized spacial score (nSPS) is 36.4. The molecule has 9 nitrogen and oxygen atoms in total. The summed E-state index contributed by atoms with van der Waals surface area (Å²) >= 11 is 1.28. The zero-order valence-electron chi connectivity index (χ0n) is 21.2. The second kappa shape index (κ2) is 8.59. The average Bonchev–Trinajstić information content (AvgIpc) is 3.39. The number of ether oxygens (including phenoxy) is 3. The van der Waals surface area contributed by atoms with Crippen LogP contribution in [0.5, 0.6) is 11.5 Å². The number of quaternary nitrogens is 1. The number of thioether (sulfide) groups is 1. The summed E-state index contributed by atoms with van der Waals surface area (Å²) in [4.78, 5) is 49.0. The van der Waals surface area contributed by atoms with Gasteiger partial charge in [0, 0.05) is 43.9 Å². The van der Waals surface area contributed by atoms with Gasteiger partial charge in [0.2, 0.25) is 5.12 Å². The van der Waals surface area contributed by atoms with Gasteiger partial charge in [-0.15, -0.1) is 0 Å². The summed E-state index contributed by atoms with van der Waals surface area (Å²) < 4.78 is 18.3. The molecule has 3 aliphatic heterocycles. The lowest BCUT2D eigenvalue weighted by molar-refractivity contribution is -0.936. The van der Waals surface area contributed by atoms with Crippen LogP contribution in [0.15, 0.2) is 24.3 Å². The first kappa shape index (κ1) is 24.5. The SMILES string of the molecule is CC(=O)Oc1ccc2c3c1O[C@H]1[C@@H](OC(C)=O)C=CC4[C@@H](C2)[N@@+](C)(CC(=O)NC2CCSC2=O)CC[C@@]341. The van der Waals surface area contributed by atoms with E-state index in [9.17, 15) is 19.2 Å². The number of nitrogens with one attached hydrogen (secondary N) is 1. The van der Waals surface area contributed by atoms with E-state index >= 15 is 0 Å². The van der Waals surface area contributed by atoms with E-state index in [2.05, 4.69) is 18.4 Å². The van der Waals surface area contributed by atoms with Crippen LogP contribution in [0.2, 0.25) is 0 Å². The van der Waals surface area contributed by atoms with Gasteiger partial charge in [-0.2, -0.15) is 0 Å². The molecule has 2 bridgehead atoms. The molecule has 0 radical (unpaired) electrons. The maximum absolute atomic E-state index is 13.1. The largest absolute Gasteiger partial charge is 0.481 e. The smallest absolute Gasteiger partial charge is 0.308 e. The van der Waals surface area contributed by atoms with E-state index in [1.165, 1.54) is 25.6 Å². The van der Waals surface area contributed by atoms with Crippen molar-refractivity contribution in [3.63, 3.8) is 0 Å². The van der Waals surface area contributed by atoms with Gasteiger partial charge in [-0.05, 0) is 24.1 Å². The third-order valence-electron chi connectivity index (χ3n) is 8.84. The van der Waals surface area contributed by atoms with Crippen LogP contribution < -0.4 is 14.8 Å². The predicted octanol–water partition coefficient (Wildman–Crippen LogP) is 1.65. The Morgan fingerprint density at radius 1 is 1.22 bits per heavy atom. The lowest BCUT2D eigenvalue weighted by atomic mass is 9.52. The van der Waals surface area contributed by atoms with Crippen LogP contribution in [0, 0.1) is 5.92 Å². The van der Waals surface area contributed by atoms with Crippen LogP contribution in [0.25, 0.3) is 0 Å². The van der Waals surface area contributed by atoms with Gasteiger partial charge in [0.1, 0.15) is 6.04 Å². The molecule has 2 unspecified atom stereocenters. The quantitative estimate of drug-likeness (QED) is 0.267. The van der Waals surface area contributed by atoms with E-state index in [0.29, 0.717) is 28.8 Å². The molecular formula is C27H31N2O7S+. The number of benzene rings is 1. The zero-order chi connectivity index (χ0) is 26.1. The van der Waals surface area contributed by atoms with E-state index in [1.807, 2.05) is 12.1 Å². The van der Waals surface area contributed by atoms with E-state index in [0.717, 1.165) is 29.8 Å². The molecule has 2 saturated heterocycles. The monoisotopic (exact) mass is 527 g/mol. The molecule has 1 aromatic carbocycles.